The second-order valence-corrected chi connectivity index (χ2v) is 4.53. The fourth-order valence-electron chi connectivity index (χ4n) is 1.41. The minimum Gasteiger partial charge on any atom is -0.368 e. The van der Waals surface area contributed by atoms with E-state index in [1.807, 2.05) is 25.3 Å². The monoisotopic (exact) mass is 212 g/mol. The van der Waals surface area contributed by atoms with E-state index in [2.05, 4.69) is 24.1 Å². The van der Waals surface area contributed by atoms with Crippen molar-refractivity contribution in [2.45, 2.75) is 38.6 Å². The molecule has 1 N–H and O–H groups in total. The van der Waals surface area contributed by atoms with Crippen LogP contribution in [-0.2, 0) is 0 Å². The number of pyridine rings is 1. The zero-order chi connectivity index (χ0) is 10.6. The fourth-order valence-corrected chi connectivity index (χ4v) is 1.68. The molecule has 0 radical (unpaired) electrons. The number of halogens is 1. The number of nitrogens with zero attached hydrogens (tertiary/aromatic N) is 1. The van der Waals surface area contributed by atoms with Crippen molar-refractivity contribution >= 4 is 17.4 Å². The van der Waals surface area contributed by atoms with Gasteiger partial charge in [0.2, 0.25) is 0 Å². The fraction of sp³-hybridized carbons (Fsp3) is 0.545. The SMILES string of the molecule is Cc1ccnc(NC(C)CC(C)Cl)c1. The average molecular weight is 213 g/mol. The molecular formula is C11H17ClN2. The van der Waals surface area contributed by atoms with Crippen molar-refractivity contribution in [1.29, 1.82) is 0 Å². The van der Waals surface area contributed by atoms with E-state index >= 15 is 0 Å². The third kappa shape index (κ3) is 3.97. The van der Waals surface area contributed by atoms with Gasteiger partial charge in [0.15, 0.2) is 0 Å². The van der Waals surface area contributed by atoms with Gasteiger partial charge in [0.25, 0.3) is 0 Å². The van der Waals surface area contributed by atoms with Gasteiger partial charge in [-0.3, -0.25) is 0 Å². The zero-order valence-electron chi connectivity index (χ0n) is 8.92. The summed E-state index contributed by atoms with van der Waals surface area (Å²) in [4.78, 5) is 4.23. The van der Waals surface area contributed by atoms with Crippen LogP contribution in [0.2, 0.25) is 0 Å². The lowest BCUT2D eigenvalue weighted by Crippen LogP contribution is -2.19. The molecule has 1 rings (SSSR count). The number of anilines is 1. The van der Waals surface area contributed by atoms with E-state index in [1.165, 1.54) is 5.56 Å². The van der Waals surface area contributed by atoms with Crippen LogP contribution in [0.4, 0.5) is 5.82 Å². The molecule has 0 aromatic carbocycles. The highest BCUT2D eigenvalue weighted by atomic mass is 35.5. The molecule has 0 aliphatic heterocycles. The van der Waals surface area contributed by atoms with E-state index in [9.17, 15) is 0 Å². The molecule has 1 heterocycles. The molecule has 0 fully saturated rings. The molecule has 78 valence electrons. The van der Waals surface area contributed by atoms with Crippen molar-refractivity contribution < 1.29 is 0 Å². The van der Waals surface area contributed by atoms with Crippen LogP contribution in [0.5, 0.6) is 0 Å². The quantitative estimate of drug-likeness (QED) is 0.776. The third-order valence-corrected chi connectivity index (χ3v) is 2.17. The molecule has 0 saturated carbocycles. The number of hydrogen-bond acceptors (Lipinski definition) is 2. The van der Waals surface area contributed by atoms with Crippen LogP contribution in [0.1, 0.15) is 25.8 Å². The van der Waals surface area contributed by atoms with Crippen molar-refractivity contribution in [1.82, 2.24) is 4.98 Å². The highest BCUT2D eigenvalue weighted by Crippen LogP contribution is 2.11. The largest absolute Gasteiger partial charge is 0.368 e. The molecule has 0 aliphatic carbocycles. The van der Waals surface area contributed by atoms with Crippen LogP contribution in [0.15, 0.2) is 18.3 Å². The maximum atomic E-state index is 5.91. The summed E-state index contributed by atoms with van der Waals surface area (Å²) in [6.45, 7) is 6.17. The molecule has 1 aromatic heterocycles. The molecular weight excluding hydrogens is 196 g/mol. The van der Waals surface area contributed by atoms with Gasteiger partial charge in [0.05, 0.1) is 0 Å². The smallest absolute Gasteiger partial charge is 0.126 e. The van der Waals surface area contributed by atoms with Gasteiger partial charge in [0, 0.05) is 17.6 Å². The first kappa shape index (κ1) is 11.3. The summed E-state index contributed by atoms with van der Waals surface area (Å²) in [5.74, 6) is 0.926. The molecule has 0 aliphatic rings. The van der Waals surface area contributed by atoms with Crippen molar-refractivity contribution in [2.75, 3.05) is 5.32 Å². The summed E-state index contributed by atoms with van der Waals surface area (Å²) < 4.78 is 0. The predicted octanol–water partition coefficient (Wildman–Crippen LogP) is 3.21. The molecule has 1 aromatic rings. The number of hydrogen-bond donors (Lipinski definition) is 1. The van der Waals surface area contributed by atoms with Crippen LogP contribution < -0.4 is 5.32 Å². The second-order valence-electron chi connectivity index (χ2n) is 3.78. The number of aromatic nitrogens is 1. The van der Waals surface area contributed by atoms with Crippen LogP contribution in [0.25, 0.3) is 0 Å². The van der Waals surface area contributed by atoms with E-state index in [0.29, 0.717) is 6.04 Å². The maximum absolute atomic E-state index is 5.91. The minimum atomic E-state index is 0.197. The first-order chi connectivity index (χ1) is 6.58. The number of rotatable bonds is 4. The van der Waals surface area contributed by atoms with Crippen LogP contribution in [0.3, 0.4) is 0 Å². The average Bonchev–Trinajstić information content (AvgIpc) is 2.01. The predicted molar refractivity (Wildman–Crippen MR) is 62.0 cm³/mol. The van der Waals surface area contributed by atoms with E-state index in [-0.39, 0.29) is 5.38 Å². The Labute approximate surface area is 90.7 Å². The Bertz CT molecular complexity index is 286. The molecule has 0 amide bonds. The van der Waals surface area contributed by atoms with Gasteiger partial charge < -0.3 is 5.32 Å². The molecule has 0 saturated heterocycles. The lowest BCUT2D eigenvalue weighted by atomic mass is 10.2. The van der Waals surface area contributed by atoms with Gasteiger partial charge in [-0.15, -0.1) is 11.6 Å². The number of nitrogens with one attached hydrogen (secondary N) is 1. The molecule has 0 bridgehead atoms. The normalized spacial score (nSPS) is 14.9. The van der Waals surface area contributed by atoms with Crippen LogP contribution in [0, 0.1) is 6.92 Å². The van der Waals surface area contributed by atoms with Gasteiger partial charge in [-0.1, -0.05) is 0 Å². The van der Waals surface area contributed by atoms with Crippen LogP contribution >= 0.6 is 11.6 Å². The van der Waals surface area contributed by atoms with E-state index < -0.39 is 0 Å². The van der Waals surface area contributed by atoms with Gasteiger partial charge in [-0.25, -0.2) is 4.98 Å². The summed E-state index contributed by atoms with van der Waals surface area (Å²) in [6.07, 6.45) is 2.76. The molecule has 2 nitrogen and oxygen atoms in total. The molecule has 3 heteroatoms. The number of aryl methyl sites for hydroxylation is 1. The summed E-state index contributed by atoms with van der Waals surface area (Å²) >= 11 is 5.91. The van der Waals surface area contributed by atoms with E-state index in [1.54, 1.807) is 0 Å². The standard InChI is InChI=1S/C11H17ClN2/c1-8-4-5-13-11(6-8)14-10(3)7-9(2)12/h4-6,9-10H,7H2,1-3H3,(H,13,14). The summed E-state index contributed by atoms with van der Waals surface area (Å²) in [6, 6.07) is 4.38. The Morgan fingerprint density at radius 2 is 2.21 bits per heavy atom. The minimum absolute atomic E-state index is 0.197. The third-order valence-electron chi connectivity index (χ3n) is 1.99. The Morgan fingerprint density at radius 1 is 1.50 bits per heavy atom. The van der Waals surface area contributed by atoms with Crippen molar-refractivity contribution in [3.63, 3.8) is 0 Å². The Morgan fingerprint density at radius 3 is 2.79 bits per heavy atom. The summed E-state index contributed by atoms with van der Waals surface area (Å²) in [5.41, 5.74) is 1.22. The van der Waals surface area contributed by atoms with Gasteiger partial charge in [-0.05, 0) is 44.9 Å². The highest BCUT2D eigenvalue weighted by Gasteiger charge is 2.06. The zero-order valence-corrected chi connectivity index (χ0v) is 9.67. The number of alkyl halides is 1. The van der Waals surface area contributed by atoms with Gasteiger partial charge in [-0.2, -0.15) is 0 Å². The second kappa shape index (κ2) is 5.20. The first-order valence-electron chi connectivity index (χ1n) is 4.91. The molecule has 2 atom stereocenters. The maximum Gasteiger partial charge on any atom is 0.126 e. The lowest BCUT2D eigenvalue weighted by molar-refractivity contribution is 0.693. The van der Waals surface area contributed by atoms with Gasteiger partial charge in [0.1, 0.15) is 5.82 Å². The molecule has 14 heavy (non-hydrogen) atoms. The van der Waals surface area contributed by atoms with E-state index in [4.69, 9.17) is 11.6 Å². The lowest BCUT2D eigenvalue weighted by Gasteiger charge is -2.15. The topological polar surface area (TPSA) is 24.9 Å². The Hall–Kier alpha value is -0.760. The van der Waals surface area contributed by atoms with Crippen molar-refractivity contribution in [3.05, 3.63) is 23.9 Å². The van der Waals surface area contributed by atoms with Gasteiger partial charge >= 0.3 is 0 Å². The highest BCUT2D eigenvalue weighted by molar-refractivity contribution is 6.20. The summed E-state index contributed by atoms with van der Waals surface area (Å²) in [7, 11) is 0. The Balaban J connectivity index is 2.51. The molecule has 2 unspecified atom stereocenters. The summed E-state index contributed by atoms with van der Waals surface area (Å²) in [5, 5.41) is 3.52. The van der Waals surface area contributed by atoms with Crippen LogP contribution in [-0.4, -0.2) is 16.4 Å². The molecule has 0 spiro atoms. The Kier molecular flexibility index (Phi) is 4.21. The first-order valence-corrected chi connectivity index (χ1v) is 5.35. The van der Waals surface area contributed by atoms with E-state index in [0.717, 1.165) is 12.2 Å². The van der Waals surface area contributed by atoms with Crippen molar-refractivity contribution in [3.8, 4) is 0 Å². The van der Waals surface area contributed by atoms with Crippen molar-refractivity contribution in [2.24, 2.45) is 0 Å².